The fourth-order valence-corrected chi connectivity index (χ4v) is 4.13. The van der Waals surface area contributed by atoms with Crippen molar-refractivity contribution in [2.45, 2.75) is 71.8 Å². The van der Waals surface area contributed by atoms with Crippen molar-refractivity contribution in [3.05, 3.63) is 0 Å². The second-order valence-electron chi connectivity index (χ2n) is 5.73. The highest BCUT2D eigenvalue weighted by molar-refractivity contribution is 7.99. The normalized spacial score (nSPS) is 28.5. The minimum absolute atomic E-state index is 0.815. The van der Waals surface area contributed by atoms with E-state index in [0.717, 1.165) is 24.4 Å². The first-order valence-electron chi connectivity index (χ1n) is 8.12. The molecule has 0 aromatic rings. The number of nitrogens with one attached hydrogen (secondary N) is 1. The van der Waals surface area contributed by atoms with Crippen LogP contribution in [0.2, 0.25) is 0 Å². The van der Waals surface area contributed by atoms with Gasteiger partial charge in [-0.3, -0.25) is 0 Å². The summed E-state index contributed by atoms with van der Waals surface area (Å²) < 4.78 is 0. The highest BCUT2D eigenvalue weighted by Crippen LogP contribution is 2.34. The van der Waals surface area contributed by atoms with Crippen molar-refractivity contribution in [2.75, 3.05) is 18.1 Å². The molecular formula is C16H33NS. The van der Waals surface area contributed by atoms with Crippen molar-refractivity contribution in [3.63, 3.8) is 0 Å². The lowest BCUT2D eigenvalue weighted by Gasteiger charge is -2.37. The van der Waals surface area contributed by atoms with Crippen LogP contribution in [0.15, 0.2) is 0 Å². The van der Waals surface area contributed by atoms with Gasteiger partial charge in [-0.2, -0.15) is 11.8 Å². The van der Waals surface area contributed by atoms with Crippen molar-refractivity contribution < 1.29 is 0 Å². The molecular weight excluding hydrogens is 238 g/mol. The van der Waals surface area contributed by atoms with Crippen LogP contribution in [0.5, 0.6) is 0 Å². The Bertz CT molecular complexity index is 196. The van der Waals surface area contributed by atoms with E-state index in [-0.39, 0.29) is 0 Å². The van der Waals surface area contributed by atoms with Crippen LogP contribution in [0.25, 0.3) is 0 Å². The maximum atomic E-state index is 3.73. The molecule has 0 amide bonds. The van der Waals surface area contributed by atoms with Gasteiger partial charge in [-0.25, -0.2) is 0 Å². The summed E-state index contributed by atoms with van der Waals surface area (Å²) in [5.74, 6) is 4.62. The molecule has 0 aliphatic heterocycles. The van der Waals surface area contributed by atoms with Crippen LogP contribution in [0.1, 0.15) is 65.7 Å². The van der Waals surface area contributed by atoms with Gasteiger partial charge in [0.15, 0.2) is 0 Å². The molecule has 1 N–H and O–H groups in total. The van der Waals surface area contributed by atoms with Crippen LogP contribution in [-0.2, 0) is 0 Å². The Morgan fingerprint density at radius 2 is 1.94 bits per heavy atom. The van der Waals surface area contributed by atoms with Crippen molar-refractivity contribution in [3.8, 4) is 0 Å². The largest absolute Gasteiger partial charge is 0.314 e. The van der Waals surface area contributed by atoms with E-state index < -0.39 is 0 Å². The Morgan fingerprint density at radius 3 is 2.61 bits per heavy atom. The standard InChI is InChI=1S/C16H33NS/c1-4-8-14-10-11-16(17-5-2)15(13-14)9-7-12-18-6-3/h14-17H,4-13H2,1-3H3. The van der Waals surface area contributed by atoms with Crippen LogP contribution in [0.3, 0.4) is 0 Å². The van der Waals surface area contributed by atoms with Crippen molar-refractivity contribution >= 4 is 11.8 Å². The molecule has 0 spiro atoms. The van der Waals surface area contributed by atoms with E-state index in [4.69, 9.17) is 0 Å². The van der Waals surface area contributed by atoms with Crippen LogP contribution in [0.4, 0.5) is 0 Å². The van der Waals surface area contributed by atoms with Gasteiger partial charge >= 0.3 is 0 Å². The molecule has 3 atom stereocenters. The third-order valence-corrected chi connectivity index (χ3v) is 5.31. The maximum Gasteiger partial charge on any atom is 0.00954 e. The van der Waals surface area contributed by atoms with Gasteiger partial charge in [-0.1, -0.05) is 33.6 Å². The summed E-state index contributed by atoms with van der Waals surface area (Å²) in [6.45, 7) is 8.00. The Kier molecular flexibility index (Phi) is 9.22. The summed E-state index contributed by atoms with van der Waals surface area (Å²) in [5, 5.41) is 3.73. The third-order valence-electron chi connectivity index (χ3n) is 4.32. The molecule has 3 unspecified atom stereocenters. The summed E-state index contributed by atoms with van der Waals surface area (Å²) in [6, 6.07) is 0.815. The quantitative estimate of drug-likeness (QED) is 0.609. The molecule has 1 aliphatic rings. The topological polar surface area (TPSA) is 12.0 Å². The molecule has 1 fully saturated rings. The lowest BCUT2D eigenvalue weighted by Crippen LogP contribution is -2.40. The summed E-state index contributed by atoms with van der Waals surface area (Å²) >= 11 is 2.10. The van der Waals surface area contributed by atoms with Crippen LogP contribution in [-0.4, -0.2) is 24.1 Å². The minimum atomic E-state index is 0.815. The predicted molar refractivity (Wildman–Crippen MR) is 85.4 cm³/mol. The van der Waals surface area contributed by atoms with E-state index in [2.05, 4.69) is 37.8 Å². The fraction of sp³-hybridized carbons (Fsp3) is 1.00. The molecule has 108 valence electrons. The first-order chi connectivity index (χ1) is 8.81. The third kappa shape index (κ3) is 5.97. The molecule has 1 nitrogen and oxygen atoms in total. The predicted octanol–water partition coefficient (Wildman–Crippen LogP) is 4.71. The molecule has 1 rings (SSSR count). The number of hydrogen-bond donors (Lipinski definition) is 1. The molecule has 0 radical (unpaired) electrons. The van der Waals surface area contributed by atoms with Crippen LogP contribution >= 0.6 is 11.8 Å². The van der Waals surface area contributed by atoms with Crippen molar-refractivity contribution in [1.29, 1.82) is 0 Å². The second-order valence-corrected chi connectivity index (χ2v) is 7.13. The zero-order valence-corrected chi connectivity index (χ0v) is 13.5. The van der Waals surface area contributed by atoms with E-state index in [1.54, 1.807) is 0 Å². The lowest BCUT2D eigenvalue weighted by atomic mass is 9.74. The molecule has 18 heavy (non-hydrogen) atoms. The Morgan fingerprint density at radius 1 is 1.11 bits per heavy atom. The van der Waals surface area contributed by atoms with E-state index in [1.807, 2.05) is 0 Å². The summed E-state index contributed by atoms with van der Waals surface area (Å²) in [5.41, 5.74) is 0. The molecule has 0 heterocycles. The maximum absolute atomic E-state index is 3.73. The smallest absolute Gasteiger partial charge is 0.00954 e. The second kappa shape index (κ2) is 10.1. The first kappa shape index (κ1) is 16.4. The van der Waals surface area contributed by atoms with E-state index >= 15 is 0 Å². The molecule has 0 saturated heterocycles. The monoisotopic (exact) mass is 271 g/mol. The van der Waals surface area contributed by atoms with Crippen LogP contribution < -0.4 is 5.32 Å². The minimum Gasteiger partial charge on any atom is -0.314 e. The van der Waals surface area contributed by atoms with E-state index in [0.29, 0.717) is 0 Å². The lowest BCUT2D eigenvalue weighted by molar-refractivity contribution is 0.186. The molecule has 1 aliphatic carbocycles. The summed E-state index contributed by atoms with van der Waals surface area (Å²) in [7, 11) is 0. The summed E-state index contributed by atoms with van der Waals surface area (Å²) in [4.78, 5) is 0. The van der Waals surface area contributed by atoms with Gasteiger partial charge in [-0.05, 0) is 62.0 Å². The molecule has 0 bridgehead atoms. The Balaban J connectivity index is 2.34. The molecule has 0 aromatic carbocycles. The van der Waals surface area contributed by atoms with E-state index in [9.17, 15) is 0 Å². The SMILES string of the molecule is CCCC1CCC(NCC)C(CCCSCC)C1. The van der Waals surface area contributed by atoms with E-state index in [1.165, 1.54) is 56.5 Å². The number of hydrogen-bond acceptors (Lipinski definition) is 2. The average Bonchev–Trinajstić information content (AvgIpc) is 2.38. The van der Waals surface area contributed by atoms with Crippen molar-refractivity contribution in [1.82, 2.24) is 5.32 Å². The van der Waals surface area contributed by atoms with Gasteiger partial charge in [0.1, 0.15) is 0 Å². The summed E-state index contributed by atoms with van der Waals surface area (Å²) in [6.07, 6.45) is 10.1. The van der Waals surface area contributed by atoms with Gasteiger partial charge in [0.2, 0.25) is 0 Å². The van der Waals surface area contributed by atoms with Crippen molar-refractivity contribution in [2.24, 2.45) is 11.8 Å². The Labute approximate surface area is 119 Å². The fourth-order valence-electron chi connectivity index (χ4n) is 3.47. The van der Waals surface area contributed by atoms with Gasteiger partial charge < -0.3 is 5.32 Å². The van der Waals surface area contributed by atoms with Crippen LogP contribution in [0, 0.1) is 11.8 Å². The highest BCUT2D eigenvalue weighted by atomic mass is 32.2. The number of rotatable bonds is 9. The average molecular weight is 272 g/mol. The first-order valence-corrected chi connectivity index (χ1v) is 9.28. The van der Waals surface area contributed by atoms with Gasteiger partial charge in [0, 0.05) is 6.04 Å². The number of thioether (sulfide) groups is 1. The Hall–Kier alpha value is 0.310. The molecule has 1 saturated carbocycles. The zero-order valence-electron chi connectivity index (χ0n) is 12.7. The molecule has 2 heteroatoms. The van der Waals surface area contributed by atoms with Gasteiger partial charge in [0.05, 0.1) is 0 Å². The highest BCUT2D eigenvalue weighted by Gasteiger charge is 2.28. The zero-order chi connectivity index (χ0) is 13.2. The molecule has 0 aromatic heterocycles. The van der Waals surface area contributed by atoms with Gasteiger partial charge in [-0.15, -0.1) is 0 Å². The van der Waals surface area contributed by atoms with Gasteiger partial charge in [0.25, 0.3) is 0 Å².